The smallest absolute Gasteiger partial charge is 0.184 e. The van der Waals surface area contributed by atoms with E-state index in [0.717, 1.165) is 15.6 Å². The summed E-state index contributed by atoms with van der Waals surface area (Å²) in [6.07, 6.45) is 0. The molecule has 0 aromatic heterocycles. The van der Waals surface area contributed by atoms with E-state index >= 15 is 0 Å². The minimum atomic E-state index is 0.111. The van der Waals surface area contributed by atoms with Gasteiger partial charge in [-0.25, -0.2) is 0 Å². The Morgan fingerprint density at radius 2 is 1.80 bits per heavy atom. The number of nitrogens with one attached hydrogen (secondary N) is 1. The number of nitrogens with two attached hydrogens (primary N) is 1. The lowest BCUT2D eigenvalue weighted by atomic mass is 10.0. The van der Waals surface area contributed by atoms with Gasteiger partial charge in [0, 0.05) is 20.6 Å². The third kappa shape index (κ3) is 4.03. The van der Waals surface area contributed by atoms with E-state index in [1.165, 1.54) is 0 Å². The molecule has 0 fully saturated rings. The van der Waals surface area contributed by atoms with Gasteiger partial charge in [0.05, 0.1) is 5.71 Å². The van der Waals surface area contributed by atoms with Crippen LogP contribution in [0, 0.1) is 0 Å². The zero-order valence-electron chi connectivity index (χ0n) is 10.3. The molecule has 2 aromatic rings. The van der Waals surface area contributed by atoms with Crippen LogP contribution in [-0.2, 0) is 0 Å². The van der Waals surface area contributed by atoms with Crippen molar-refractivity contribution in [2.45, 2.75) is 0 Å². The number of halogens is 2. The van der Waals surface area contributed by atoms with E-state index in [0.29, 0.717) is 10.7 Å². The summed E-state index contributed by atoms with van der Waals surface area (Å²) in [6.45, 7) is 0. The summed E-state index contributed by atoms with van der Waals surface area (Å²) in [6, 6.07) is 15.2. The predicted molar refractivity (Wildman–Crippen MR) is 91.2 cm³/mol. The van der Waals surface area contributed by atoms with Gasteiger partial charge in [0.15, 0.2) is 5.11 Å². The van der Waals surface area contributed by atoms with Crippen LogP contribution >= 0.6 is 39.7 Å². The molecular formula is C14H11BrClN3S. The number of hydrogen-bond acceptors (Lipinski definition) is 2. The third-order valence-electron chi connectivity index (χ3n) is 2.47. The van der Waals surface area contributed by atoms with Crippen molar-refractivity contribution < 1.29 is 0 Å². The maximum atomic E-state index is 6.04. The standard InChI is InChI=1S/C14H11BrClN3S/c15-11-5-1-3-9(7-11)13(18-19-14(17)20)10-4-2-6-12(16)8-10/h1-8H,(H3,17,19,20)/b18-13-. The minimum Gasteiger partial charge on any atom is -0.375 e. The van der Waals surface area contributed by atoms with Gasteiger partial charge in [-0.3, -0.25) is 5.43 Å². The van der Waals surface area contributed by atoms with Crippen molar-refractivity contribution in [1.82, 2.24) is 5.43 Å². The third-order valence-corrected chi connectivity index (χ3v) is 3.29. The van der Waals surface area contributed by atoms with Crippen LogP contribution in [0.3, 0.4) is 0 Å². The van der Waals surface area contributed by atoms with Crippen LogP contribution in [0.4, 0.5) is 0 Å². The highest BCUT2D eigenvalue weighted by atomic mass is 79.9. The first-order chi connectivity index (χ1) is 9.56. The van der Waals surface area contributed by atoms with Gasteiger partial charge >= 0.3 is 0 Å². The van der Waals surface area contributed by atoms with Gasteiger partial charge in [-0.1, -0.05) is 51.8 Å². The molecular weight excluding hydrogens is 358 g/mol. The molecule has 2 rings (SSSR count). The first kappa shape index (κ1) is 15.0. The SMILES string of the molecule is NC(=S)N/N=C(\c1cccc(Cl)c1)c1cccc(Br)c1. The van der Waals surface area contributed by atoms with Gasteiger partial charge < -0.3 is 5.73 Å². The quantitative estimate of drug-likeness (QED) is 0.493. The lowest BCUT2D eigenvalue weighted by molar-refractivity contribution is 1.03. The molecule has 0 heterocycles. The molecule has 0 unspecified atom stereocenters. The van der Waals surface area contributed by atoms with Crippen molar-refractivity contribution in [1.29, 1.82) is 0 Å². The summed E-state index contributed by atoms with van der Waals surface area (Å²) in [5.41, 5.74) is 10.6. The Kier molecular flexibility index (Phi) is 5.11. The molecule has 0 aliphatic heterocycles. The second kappa shape index (κ2) is 6.83. The van der Waals surface area contributed by atoms with Crippen LogP contribution in [0.1, 0.15) is 11.1 Å². The molecule has 3 nitrogen and oxygen atoms in total. The monoisotopic (exact) mass is 367 g/mol. The largest absolute Gasteiger partial charge is 0.375 e. The maximum absolute atomic E-state index is 6.04. The van der Waals surface area contributed by atoms with Crippen LogP contribution in [-0.4, -0.2) is 10.8 Å². The zero-order valence-corrected chi connectivity index (χ0v) is 13.5. The Bertz CT molecular complexity index is 625. The maximum Gasteiger partial charge on any atom is 0.184 e. The molecule has 0 atom stereocenters. The van der Waals surface area contributed by atoms with Gasteiger partial charge in [-0.15, -0.1) is 0 Å². The molecule has 102 valence electrons. The number of nitrogens with zero attached hydrogens (tertiary/aromatic N) is 1. The van der Waals surface area contributed by atoms with Crippen LogP contribution in [0.25, 0.3) is 0 Å². The normalized spacial score (nSPS) is 11.2. The van der Waals surface area contributed by atoms with Crippen LogP contribution in [0.15, 0.2) is 58.1 Å². The number of rotatable bonds is 3. The molecule has 2 aromatic carbocycles. The summed E-state index contributed by atoms with van der Waals surface area (Å²) < 4.78 is 0.958. The van der Waals surface area contributed by atoms with E-state index in [9.17, 15) is 0 Å². The lowest BCUT2D eigenvalue weighted by Crippen LogP contribution is -2.26. The highest BCUT2D eigenvalue weighted by Gasteiger charge is 2.08. The molecule has 0 aliphatic rings. The lowest BCUT2D eigenvalue weighted by Gasteiger charge is -2.08. The predicted octanol–water partition coefficient (Wildman–Crippen LogP) is 3.69. The first-order valence-electron chi connectivity index (χ1n) is 5.71. The molecule has 0 saturated carbocycles. The number of benzene rings is 2. The molecule has 3 N–H and O–H groups in total. The number of thiocarbonyl (C=S) groups is 1. The highest BCUT2D eigenvalue weighted by molar-refractivity contribution is 9.10. The Labute approximate surface area is 136 Å². The molecule has 0 amide bonds. The molecule has 0 radical (unpaired) electrons. The summed E-state index contributed by atoms with van der Waals surface area (Å²) in [5.74, 6) is 0. The van der Waals surface area contributed by atoms with Gasteiger partial charge in [0.25, 0.3) is 0 Å². The van der Waals surface area contributed by atoms with Crippen LogP contribution in [0.5, 0.6) is 0 Å². The van der Waals surface area contributed by atoms with E-state index in [1.807, 2.05) is 48.5 Å². The molecule has 0 saturated heterocycles. The van der Waals surface area contributed by atoms with Crippen LogP contribution in [0.2, 0.25) is 5.02 Å². The topological polar surface area (TPSA) is 50.4 Å². The van der Waals surface area contributed by atoms with E-state index in [4.69, 9.17) is 29.6 Å². The van der Waals surface area contributed by atoms with Gasteiger partial charge in [-0.05, 0) is 36.5 Å². The second-order valence-corrected chi connectivity index (χ2v) is 5.75. The van der Waals surface area contributed by atoms with Crippen molar-refractivity contribution in [3.63, 3.8) is 0 Å². The van der Waals surface area contributed by atoms with Crippen molar-refractivity contribution in [2.75, 3.05) is 0 Å². The van der Waals surface area contributed by atoms with E-state index < -0.39 is 0 Å². The van der Waals surface area contributed by atoms with Gasteiger partial charge in [0.2, 0.25) is 0 Å². The zero-order chi connectivity index (χ0) is 14.5. The van der Waals surface area contributed by atoms with Crippen LogP contribution < -0.4 is 11.2 Å². The van der Waals surface area contributed by atoms with E-state index in [-0.39, 0.29) is 5.11 Å². The van der Waals surface area contributed by atoms with E-state index in [1.54, 1.807) is 0 Å². The average Bonchev–Trinajstić information content (AvgIpc) is 2.39. The van der Waals surface area contributed by atoms with Crippen molar-refractivity contribution in [3.8, 4) is 0 Å². The Morgan fingerprint density at radius 1 is 1.15 bits per heavy atom. The van der Waals surface area contributed by atoms with E-state index in [2.05, 4.69) is 26.5 Å². The fourth-order valence-corrected chi connectivity index (χ4v) is 2.31. The Hall–Kier alpha value is -1.43. The molecule has 0 spiro atoms. The summed E-state index contributed by atoms with van der Waals surface area (Å²) in [7, 11) is 0. The fraction of sp³-hybridized carbons (Fsp3) is 0. The molecule has 0 bridgehead atoms. The Morgan fingerprint density at radius 3 is 2.40 bits per heavy atom. The highest BCUT2D eigenvalue weighted by Crippen LogP contribution is 2.18. The second-order valence-electron chi connectivity index (χ2n) is 3.96. The molecule has 6 heteroatoms. The van der Waals surface area contributed by atoms with Crippen molar-refractivity contribution in [2.24, 2.45) is 10.8 Å². The average molecular weight is 369 g/mol. The van der Waals surface area contributed by atoms with Gasteiger partial charge in [0.1, 0.15) is 0 Å². The van der Waals surface area contributed by atoms with Crippen molar-refractivity contribution >= 4 is 50.6 Å². The van der Waals surface area contributed by atoms with Crippen molar-refractivity contribution in [3.05, 3.63) is 69.2 Å². The Balaban J connectivity index is 2.50. The summed E-state index contributed by atoms with van der Waals surface area (Å²) >= 11 is 14.3. The fourth-order valence-electron chi connectivity index (χ4n) is 1.68. The molecule has 20 heavy (non-hydrogen) atoms. The summed E-state index contributed by atoms with van der Waals surface area (Å²) in [5, 5.41) is 5.02. The number of hydrazone groups is 1. The summed E-state index contributed by atoms with van der Waals surface area (Å²) in [4.78, 5) is 0. The first-order valence-corrected chi connectivity index (χ1v) is 7.29. The number of hydrogen-bond donors (Lipinski definition) is 2. The van der Waals surface area contributed by atoms with Gasteiger partial charge in [-0.2, -0.15) is 5.10 Å². The molecule has 0 aliphatic carbocycles. The minimum absolute atomic E-state index is 0.111.